The first-order chi connectivity index (χ1) is 11.1. The average Bonchev–Trinajstić information content (AvgIpc) is 2.55. The summed E-state index contributed by atoms with van der Waals surface area (Å²) in [6, 6.07) is 7.91. The van der Waals surface area contributed by atoms with E-state index in [9.17, 15) is 4.79 Å². The Morgan fingerprint density at radius 1 is 1.13 bits per heavy atom. The van der Waals surface area contributed by atoms with Crippen molar-refractivity contribution in [3.63, 3.8) is 0 Å². The minimum atomic E-state index is -0.0601. The van der Waals surface area contributed by atoms with Crippen molar-refractivity contribution >= 4 is 17.4 Å². The molecule has 0 bridgehead atoms. The van der Waals surface area contributed by atoms with Crippen molar-refractivity contribution in [2.75, 3.05) is 49.6 Å². The number of nitrogens with one attached hydrogen (secondary N) is 1. The number of ether oxygens (including phenoxy) is 2. The van der Waals surface area contributed by atoms with Gasteiger partial charge < -0.3 is 24.6 Å². The van der Waals surface area contributed by atoms with Crippen molar-refractivity contribution in [1.29, 1.82) is 0 Å². The van der Waals surface area contributed by atoms with Crippen molar-refractivity contribution in [3.8, 4) is 0 Å². The second-order valence-electron chi connectivity index (χ2n) is 6.21. The fourth-order valence-electron chi connectivity index (χ4n) is 3.19. The van der Waals surface area contributed by atoms with Crippen molar-refractivity contribution in [1.82, 2.24) is 4.90 Å². The number of benzene rings is 1. The molecule has 0 spiro atoms. The Balaban J connectivity index is 1.73. The molecule has 3 rings (SSSR count). The number of anilines is 2. The van der Waals surface area contributed by atoms with Gasteiger partial charge in [-0.3, -0.25) is 0 Å². The number of carbonyl (C=O) groups is 1. The lowest BCUT2D eigenvalue weighted by molar-refractivity contribution is -0.00517. The fraction of sp³-hybridized carbons (Fsp3) is 0.588. The first-order valence-electron chi connectivity index (χ1n) is 8.26. The molecule has 6 nitrogen and oxygen atoms in total. The number of rotatable bonds is 2. The van der Waals surface area contributed by atoms with Gasteiger partial charge in [0.15, 0.2) is 0 Å². The smallest absolute Gasteiger partial charge is 0.322 e. The zero-order valence-electron chi connectivity index (χ0n) is 13.8. The summed E-state index contributed by atoms with van der Waals surface area (Å²) in [4.78, 5) is 16.5. The van der Waals surface area contributed by atoms with Crippen LogP contribution in [0.25, 0.3) is 0 Å². The highest BCUT2D eigenvalue weighted by Gasteiger charge is 2.25. The fourth-order valence-corrected chi connectivity index (χ4v) is 3.19. The van der Waals surface area contributed by atoms with Crippen LogP contribution in [0, 0.1) is 0 Å². The molecule has 1 N–H and O–H groups in total. The number of para-hydroxylation sites is 2. The molecule has 0 saturated carbocycles. The molecule has 1 aromatic rings. The van der Waals surface area contributed by atoms with Gasteiger partial charge in [0.05, 0.1) is 36.8 Å². The Morgan fingerprint density at radius 2 is 1.78 bits per heavy atom. The molecule has 0 aliphatic carbocycles. The van der Waals surface area contributed by atoms with Crippen molar-refractivity contribution in [2.45, 2.75) is 26.1 Å². The molecule has 2 saturated heterocycles. The molecule has 0 aromatic heterocycles. The minimum absolute atomic E-state index is 0.0601. The van der Waals surface area contributed by atoms with Crippen LogP contribution < -0.4 is 10.2 Å². The highest BCUT2D eigenvalue weighted by atomic mass is 16.5. The summed E-state index contributed by atoms with van der Waals surface area (Å²) >= 11 is 0. The van der Waals surface area contributed by atoms with E-state index in [-0.39, 0.29) is 18.2 Å². The molecule has 1 aromatic carbocycles. The van der Waals surface area contributed by atoms with Gasteiger partial charge in [0, 0.05) is 26.2 Å². The van der Waals surface area contributed by atoms with Crippen LogP contribution in [-0.2, 0) is 9.47 Å². The molecule has 126 valence electrons. The van der Waals surface area contributed by atoms with E-state index >= 15 is 0 Å². The molecule has 2 amide bonds. The van der Waals surface area contributed by atoms with Gasteiger partial charge in [0.25, 0.3) is 0 Å². The van der Waals surface area contributed by atoms with E-state index < -0.39 is 0 Å². The first kappa shape index (κ1) is 16.1. The van der Waals surface area contributed by atoms with Gasteiger partial charge in [0.2, 0.25) is 0 Å². The molecule has 2 aliphatic rings. The normalized spacial score (nSPS) is 25.3. The summed E-state index contributed by atoms with van der Waals surface area (Å²) < 4.78 is 11.1. The van der Waals surface area contributed by atoms with E-state index in [4.69, 9.17) is 9.47 Å². The monoisotopic (exact) mass is 319 g/mol. The Morgan fingerprint density at radius 3 is 2.48 bits per heavy atom. The second-order valence-corrected chi connectivity index (χ2v) is 6.21. The van der Waals surface area contributed by atoms with Gasteiger partial charge in [0.1, 0.15) is 0 Å². The van der Waals surface area contributed by atoms with Crippen molar-refractivity contribution in [3.05, 3.63) is 24.3 Å². The minimum Gasteiger partial charge on any atom is -0.378 e. The lowest BCUT2D eigenvalue weighted by Gasteiger charge is -2.38. The molecule has 2 aliphatic heterocycles. The molecule has 2 atom stereocenters. The summed E-state index contributed by atoms with van der Waals surface area (Å²) in [5.74, 6) is 0. The molecule has 0 radical (unpaired) electrons. The summed E-state index contributed by atoms with van der Waals surface area (Å²) in [5.41, 5.74) is 1.90. The molecule has 2 unspecified atom stereocenters. The Labute approximate surface area is 137 Å². The van der Waals surface area contributed by atoms with Gasteiger partial charge in [-0.15, -0.1) is 0 Å². The predicted octanol–water partition coefficient (Wildman–Crippen LogP) is 2.16. The van der Waals surface area contributed by atoms with Gasteiger partial charge >= 0.3 is 6.03 Å². The van der Waals surface area contributed by atoms with Gasteiger partial charge in [-0.25, -0.2) is 4.79 Å². The van der Waals surface area contributed by atoms with E-state index in [1.807, 2.05) is 18.2 Å². The van der Waals surface area contributed by atoms with Crippen LogP contribution in [0.3, 0.4) is 0 Å². The van der Waals surface area contributed by atoms with Crippen LogP contribution in [0.4, 0.5) is 16.2 Å². The standard InChI is InChI=1S/C17H25N3O3/c1-13-11-20(12-14(2)23-13)16-6-4-3-5-15(16)18-17(21)19-7-9-22-10-8-19/h3-6,13-14H,7-12H2,1-2H3,(H,18,21). The predicted molar refractivity (Wildman–Crippen MR) is 90.1 cm³/mol. The van der Waals surface area contributed by atoms with Gasteiger partial charge in [-0.2, -0.15) is 0 Å². The Bertz CT molecular complexity index is 536. The van der Waals surface area contributed by atoms with E-state index in [1.54, 1.807) is 4.90 Å². The molecular formula is C17H25N3O3. The summed E-state index contributed by atoms with van der Waals surface area (Å²) in [7, 11) is 0. The Hall–Kier alpha value is -1.79. The molecular weight excluding hydrogens is 294 g/mol. The third kappa shape index (κ3) is 3.95. The number of hydrogen-bond acceptors (Lipinski definition) is 4. The third-order valence-corrected chi connectivity index (χ3v) is 4.20. The SMILES string of the molecule is CC1CN(c2ccccc2NC(=O)N2CCOCC2)CC(C)O1. The summed E-state index contributed by atoms with van der Waals surface area (Å²) in [6.45, 7) is 8.30. The quantitative estimate of drug-likeness (QED) is 0.908. The maximum absolute atomic E-state index is 12.4. The van der Waals surface area contributed by atoms with Crippen LogP contribution >= 0.6 is 0 Å². The molecule has 2 fully saturated rings. The average molecular weight is 319 g/mol. The maximum Gasteiger partial charge on any atom is 0.322 e. The van der Waals surface area contributed by atoms with Crippen LogP contribution in [0.5, 0.6) is 0 Å². The second kappa shape index (κ2) is 7.19. The summed E-state index contributed by atoms with van der Waals surface area (Å²) in [5, 5.41) is 3.06. The number of hydrogen-bond donors (Lipinski definition) is 1. The number of nitrogens with zero attached hydrogens (tertiary/aromatic N) is 2. The number of morpholine rings is 2. The molecule has 23 heavy (non-hydrogen) atoms. The molecule has 2 heterocycles. The zero-order chi connectivity index (χ0) is 16.2. The van der Waals surface area contributed by atoms with Gasteiger partial charge in [-0.1, -0.05) is 12.1 Å². The number of amides is 2. The Kier molecular flexibility index (Phi) is 5.03. The topological polar surface area (TPSA) is 54.0 Å². The lowest BCUT2D eigenvalue weighted by Crippen LogP contribution is -2.46. The van der Waals surface area contributed by atoms with Crippen LogP contribution in [0.2, 0.25) is 0 Å². The summed E-state index contributed by atoms with van der Waals surface area (Å²) in [6.07, 6.45) is 0.364. The van der Waals surface area contributed by atoms with Crippen LogP contribution in [0.15, 0.2) is 24.3 Å². The highest BCUT2D eigenvalue weighted by molar-refractivity contribution is 5.93. The van der Waals surface area contributed by atoms with Gasteiger partial charge in [-0.05, 0) is 26.0 Å². The van der Waals surface area contributed by atoms with Crippen molar-refractivity contribution < 1.29 is 14.3 Å². The maximum atomic E-state index is 12.4. The number of carbonyl (C=O) groups excluding carboxylic acids is 1. The largest absolute Gasteiger partial charge is 0.378 e. The van der Waals surface area contributed by atoms with Crippen LogP contribution in [0.1, 0.15) is 13.8 Å². The van der Waals surface area contributed by atoms with E-state index in [2.05, 4.69) is 30.1 Å². The lowest BCUT2D eigenvalue weighted by atomic mass is 10.1. The van der Waals surface area contributed by atoms with E-state index in [0.29, 0.717) is 26.3 Å². The molecule has 6 heteroatoms. The highest BCUT2D eigenvalue weighted by Crippen LogP contribution is 2.28. The van der Waals surface area contributed by atoms with E-state index in [1.165, 1.54) is 0 Å². The first-order valence-corrected chi connectivity index (χ1v) is 8.26. The van der Waals surface area contributed by atoms with Crippen molar-refractivity contribution in [2.24, 2.45) is 0 Å². The van der Waals surface area contributed by atoms with Crippen LogP contribution in [-0.4, -0.2) is 62.5 Å². The van der Waals surface area contributed by atoms with E-state index in [0.717, 1.165) is 24.5 Å². The third-order valence-electron chi connectivity index (χ3n) is 4.20. The zero-order valence-corrected chi connectivity index (χ0v) is 13.8. The number of urea groups is 1.